The molecule has 0 radical (unpaired) electrons. The van der Waals surface area contributed by atoms with Gasteiger partial charge in [0.1, 0.15) is 24.4 Å². The van der Waals surface area contributed by atoms with Crippen molar-refractivity contribution in [1.82, 2.24) is 0 Å². The largest absolute Gasteiger partial charge is 0.394 e. The Morgan fingerprint density at radius 3 is 1.76 bits per heavy atom. The molecule has 5 atom stereocenters. The number of aliphatic hydroxyl groups is 2. The topological polar surface area (TPSA) is 77.4 Å². The maximum absolute atomic E-state index is 10.9. The number of hydrogen-bond acceptors (Lipinski definition) is 6. The molecule has 0 amide bonds. The van der Waals surface area contributed by atoms with Crippen LogP contribution in [-0.2, 0) is 38.8 Å². The average Bonchev–Trinajstić information content (AvgIpc) is 2.95. The summed E-state index contributed by atoms with van der Waals surface area (Å²) < 4.78 is 24.6. The highest BCUT2D eigenvalue weighted by molar-refractivity contribution is 5.82. The van der Waals surface area contributed by atoms with Gasteiger partial charge in [-0.05, 0) is 33.5 Å². The van der Waals surface area contributed by atoms with Crippen molar-refractivity contribution in [1.29, 1.82) is 0 Å². The molecular weight excluding hydrogens is 468 g/mol. The van der Waals surface area contributed by atoms with E-state index in [4.69, 9.17) is 18.9 Å². The van der Waals surface area contributed by atoms with Crippen LogP contribution in [0.15, 0.2) is 103 Å². The number of hydrogen-bond donors (Lipinski definition) is 2. The Balaban J connectivity index is 1.38. The lowest BCUT2D eigenvalue weighted by molar-refractivity contribution is -0.315. The number of ether oxygens (including phenoxy) is 4. The van der Waals surface area contributed by atoms with Crippen LogP contribution < -0.4 is 0 Å². The third kappa shape index (κ3) is 6.43. The van der Waals surface area contributed by atoms with Crippen LogP contribution in [0.1, 0.15) is 16.7 Å². The molecule has 4 aromatic rings. The molecule has 0 aromatic heterocycles. The Labute approximate surface area is 217 Å². The third-order valence-electron chi connectivity index (χ3n) is 6.62. The van der Waals surface area contributed by atoms with E-state index in [1.807, 2.05) is 78.9 Å². The van der Waals surface area contributed by atoms with E-state index >= 15 is 0 Å². The molecule has 1 fully saturated rings. The van der Waals surface area contributed by atoms with E-state index in [0.29, 0.717) is 6.61 Å². The van der Waals surface area contributed by atoms with Gasteiger partial charge in [0, 0.05) is 0 Å². The molecule has 6 heteroatoms. The Bertz CT molecular complexity index is 1250. The SMILES string of the molecule is OCC1OC(O)C(OCc2ccccc2)C(OCc2ccc3ccccc3c2)C1OCc1ccccc1. The lowest BCUT2D eigenvalue weighted by Crippen LogP contribution is -2.61. The van der Waals surface area contributed by atoms with Crippen LogP contribution in [0.25, 0.3) is 10.8 Å². The fourth-order valence-corrected chi connectivity index (χ4v) is 4.67. The van der Waals surface area contributed by atoms with E-state index in [1.165, 1.54) is 0 Å². The van der Waals surface area contributed by atoms with E-state index in [9.17, 15) is 10.2 Å². The van der Waals surface area contributed by atoms with Crippen molar-refractivity contribution in [2.24, 2.45) is 0 Å². The summed E-state index contributed by atoms with van der Waals surface area (Å²) >= 11 is 0. The maximum Gasteiger partial charge on any atom is 0.184 e. The van der Waals surface area contributed by atoms with E-state index < -0.39 is 30.7 Å². The van der Waals surface area contributed by atoms with Gasteiger partial charge in [-0.2, -0.15) is 0 Å². The van der Waals surface area contributed by atoms with Gasteiger partial charge in [-0.3, -0.25) is 0 Å². The molecule has 6 nitrogen and oxygen atoms in total. The van der Waals surface area contributed by atoms with Crippen LogP contribution in [0, 0.1) is 0 Å². The highest BCUT2D eigenvalue weighted by atomic mass is 16.7. The molecule has 1 aliphatic rings. The molecule has 37 heavy (non-hydrogen) atoms. The smallest absolute Gasteiger partial charge is 0.184 e. The van der Waals surface area contributed by atoms with Crippen molar-refractivity contribution < 1.29 is 29.2 Å². The summed E-state index contributed by atoms with van der Waals surface area (Å²) in [7, 11) is 0. The zero-order valence-electron chi connectivity index (χ0n) is 20.6. The van der Waals surface area contributed by atoms with Crippen molar-refractivity contribution in [3.63, 3.8) is 0 Å². The molecule has 4 aromatic carbocycles. The monoisotopic (exact) mass is 500 g/mol. The first-order valence-electron chi connectivity index (χ1n) is 12.6. The molecule has 192 valence electrons. The van der Waals surface area contributed by atoms with Gasteiger partial charge in [0.05, 0.1) is 26.4 Å². The highest BCUT2D eigenvalue weighted by Crippen LogP contribution is 2.30. The molecule has 2 N–H and O–H groups in total. The molecule has 1 aliphatic heterocycles. The first kappa shape index (κ1) is 25.5. The van der Waals surface area contributed by atoms with E-state index in [0.717, 1.165) is 27.5 Å². The van der Waals surface area contributed by atoms with Crippen LogP contribution in [0.2, 0.25) is 0 Å². The molecule has 5 unspecified atom stereocenters. The quantitative estimate of drug-likeness (QED) is 0.331. The summed E-state index contributed by atoms with van der Waals surface area (Å²) in [6, 6.07) is 33.9. The summed E-state index contributed by atoms with van der Waals surface area (Å²) in [5.74, 6) is 0. The molecule has 1 saturated heterocycles. The number of fused-ring (bicyclic) bond motifs is 1. The zero-order valence-corrected chi connectivity index (χ0v) is 20.6. The Hall–Kier alpha value is -3.10. The minimum atomic E-state index is -1.28. The predicted octanol–water partition coefficient (Wildman–Crippen LogP) is 4.61. The van der Waals surface area contributed by atoms with Crippen molar-refractivity contribution in [3.05, 3.63) is 120 Å². The standard InChI is InChI=1S/C31H32O6/c32-18-27-28(34-19-22-9-3-1-4-10-22)29(30(31(33)37-27)36-20-23-11-5-2-6-12-23)35-21-24-15-16-25-13-7-8-14-26(25)17-24/h1-17,27-33H,18-21H2. The van der Waals surface area contributed by atoms with Crippen LogP contribution in [-0.4, -0.2) is 47.5 Å². The average molecular weight is 501 g/mol. The van der Waals surface area contributed by atoms with Crippen molar-refractivity contribution >= 4 is 10.8 Å². The van der Waals surface area contributed by atoms with E-state index in [2.05, 4.69) is 24.3 Å². The summed E-state index contributed by atoms with van der Waals surface area (Å²) in [5.41, 5.74) is 2.94. The first-order valence-corrected chi connectivity index (χ1v) is 12.6. The van der Waals surface area contributed by atoms with Gasteiger partial charge in [0.25, 0.3) is 0 Å². The van der Waals surface area contributed by atoms with Crippen molar-refractivity contribution in [3.8, 4) is 0 Å². The van der Waals surface area contributed by atoms with Gasteiger partial charge in [-0.15, -0.1) is 0 Å². The minimum absolute atomic E-state index is 0.275. The lowest BCUT2D eigenvalue weighted by Gasteiger charge is -2.44. The van der Waals surface area contributed by atoms with Gasteiger partial charge in [0.2, 0.25) is 0 Å². The normalized spacial score (nSPS) is 23.8. The second kappa shape index (κ2) is 12.4. The van der Waals surface area contributed by atoms with Gasteiger partial charge < -0.3 is 29.2 Å². The van der Waals surface area contributed by atoms with Gasteiger partial charge >= 0.3 is 0 Å². The number of rotatable bonds is 10. The van der Waals surface area contributed by atoms with Crippen molar-refractivity contribution in [2.45, 2.75) is 50.5 Å². The third-order valence-corrected chi connectivity index (χ3v) is 6.62. The molecule has 0 aliphatic carbocycles. The van der Waals surface area contributed by atoms with Crippen LogP contribution in [0.3, 0.4) is 0 Å². The van der Waals surface area contributed by atoms with Gasteiger partial charge in [-0.1, -0.05) is 97.1 Å². The van der Waals surface area contributed by atoms with Gasteiger partial charge in [-0.25, -0.2) is 0 Å². The molecule has 0 bridgehead atoms. The molecule has 0 saturated carbocycles. The zero-order chi connectivity index (χ0) is 25.5. The highest BCUT2D eigenvalue weighted by Gasteiger charge is 2.47. The van der Waals surface area contributed by atoms with E-state index in [-0.39, 0.29) is 19.8 Å². The van der Waals surface area contributed by atoms with Crippen molar-refractivity contribution in [2.75, 3.05) is 6.61 Å². The molecule has 1 heterocycles. The Kier molecular flexibility index (Phi) is 8.58. The van der Waals surface area contributed by atoms with Crippen LogP contribution in [0.5, 0.6) is 0 Å². The Morgan fingerprint density at radius 1 is 0.568 bits per heavy atom. The summed E-state index contributed by atoms with van der Waals surface area (Å²) in [6.45, 7) is 0.550. The Morgan fingerprint density at radius 2 is 1.11 bits per heavy atom. The maximum atomic E-state index is 10.9. The minimum Gasteiger partial charge on any atom is -0.394 e. The summed E-state index contributed by atoms with van der Waals surface area (Å²) in [4.78, 5) is 0. The molecular formula is C31H32O6. The number of aliphatic hydroxyl groups excluding tert-OH is 2. The van der Waals surface area contributed by atoms with Crippen LogP contribution >= 0.6 is 0 Å². The second-order valence-corrected chi connectivity index (χ2v) is 9.23. The van der Waals surface area contributed by atoms with Crippen LogP contribution in [0.4, 0.5) is 0 Å². The van der Waals surface area contributed by atoms with Gasteiger partial charge in [0.15, 0.2) is 6.29 Å². The van der Waals surface area contributed by atoms with E-state index in [1.54, 1.807) is 0 Å². The number of benzene rings is 4. The molecule has 0 spiro atoms. The fourth-order valence-electron chi connectivity index (χ4n) is 4.67. The predicted molar refractivity (Wildman–Crippen MR) is 141 cm³/mol. The second-order valence-electron chi connectivity index (χ2n) is 9.23. The first-order chi connectivity index (χ1) is 18.2. The lowest BCUT2D eigenvalue weighted by atomic mass is 9.98. The summed E-state index contributed by atoms with van der Waals surface area (Å²) in [5, 5.41) is 23.2. The fraction of sp³-hybridized carbons (Fsp3) is 0.290. The molecule has 5 rings (SSSR count). The summed E-state index contributed by atoms with van der Waals surface area (Å²) in [6.07, 6.45) is -4.20.